The number of benzene rings is 1. The van der Waals surface area contributed by atoms with E-state index in [1.165, 1.54) is 4.90 Å². The van der Waals surface area contributed by atoms with Crippen molar-refractivity contribution in [2.45, 2.75) is 19.0 Å². The minimum Gasteiger partial charge on any atom is -0.308 e. The SMILES string of the molecule is C=CCN(C(=O)C1CCN(CC(F)(F)F)CC1)c1ccccc1. The van der Waals surface area contributed by atoms with Crippen molar-refractivity contribution < 1.29 is 18.0 Å². The molecule has 0 radical (unpaired) electrons. The summed E-state index contributed by atoms with van der Waals surface area (Å²) in [6.45, 7) is 3.77. The Hall–Kier alpha value is -1.82. The van der Waals surface area contributed by atoms with Crippen LogP contribution in [0.5, 0.6) is 0 Å². The summed E-state index contributed by atoms with van der Waals surface area (Å²) in [7, 11) is 0. The Morgan fingerprint density at radius 3 is 2.39 bits per heavy atom. The molecule has 23 heavy (non-hydrogen) atoms. The van der Waals surface area contributed by atoms with Crippen molar-refractivity contribution >= 4 is 11.6 Å². The van der Waals surface area contributed by atoms with Crippen molar-refractivity contribution in [3.63, 3.8) is 0 Å². The van der Waals surface area contributed by atoms with Crippen LogP contribution in [0.2, 0.25) is 0 Å². The van der Waals surface area contributed by atoms with Gasteiger partial charge in [-0.15, -0.1) is 6.58 Å². The quantitative estimate of drug-likeness (QED) is 0.774. The second-order valence-corrected chi connectivity index (χ2v) is 5.74. The van der Waals surface area contributed by atoms with E-state index in [0.29, 0.717) is 32.5 Å². The lowest BCUT2D eigenvalue weighted by Crippen LogP contribution is -2.45. The van der Waals surface area contributed by atoms with E-state index < -0.39 is 12.7 Å². The van der Waals surface area contributed by atoms with Crippen LogP contribution in [0, 0.1) is 5.92 Å². The predicted octanol–water partition coefficient (Wildman–Crippen LogP) is 3.48. The Balaban J connectivity index is 1.98. The first-order chi connectivity index (χ1) is 10.9. The zero-order valence-corrected chi connectivity index (χ0v) is 12.9. The molecule has 1 amide bonds. The van der Waals surface area contributed by atoms with Gasteiger partial charge in [-0.05, 0) is 38.1 Å². The number of alkyl halides is 3. The van der Waals surface area contributed by atoms with Gasteiger partial charge in [-0.2, -0.15) is 13.2 Å². The van der Waals surface area contributed by atoms with E-state index in [4.69, 9.17) is 0 Å². The highest BCUT2D eigenvalue weighted by Crippen LogP contribution is 2.25. The third kappa shape index (κ3) is 5.10. The summed E-state index contributed by atoms with van der Waals surface area (Å²) in [5, 5.41) is 0. The molecule has 126 valence electrons. The summed E-state index contributed by atoms with van der Waals surface area (Å²) >= 11 is 0. The molecule has 0 saturated carbocycles. The topological polar surface area (TPSA) is 23.6 Å². The smallest absolute Gasteiger partial charge is 0.308 e. The van der Waals surface area contributed by atoms with Crippen LogP contribution in [0.4, 0.5) is 18.9 Å². The Morgan fingerprint density at radius 2 is 1.87 bits per heavy atom. The number of halogens is 3. The molecule has 1 aliphatic heterocycles. The molecule has 3 nitrogen and oxygen atoms in total. The third-order valence-corrected chi connectivity index (χ3v) is 3.99. The van der Waals surface area contributed by atoms with Crippen LogP contribution in [0.15, 0.2) is 43.0 Å². The number of hydrogen-bond acceptors (Lipinski definition) is 2. The number of carbonyl (C=O) groups excluding carboxylic acids is 1. The van der Waals surface area contributed by atoms with Gasteiger partial charge in [0.05, 0.1) is 6.54 Å². The third-order valence-electron chi connectivity index (χ3n) is 3.99. The molecular weight excluding hydrogens is 305 g/mol. The molecule has 0 unspecified atom stereocenters. The van der Waals surface area contributed by atoms with E-state index in [9.17, 15) is 18.0 Å². The molecule has 1 saturated heterocycles. The van der Waals surface area contributed by atoms with Crippen molar-refractivity contribution in [3.05, 3.63) is 43.0 Å². The van der Waals surface area contributed by atoms with E-state index in [0.717, 1.165) is 5.69 Å². The number of hydrogen-bond donors (Lipinski definition) is 0. The van der Waals surface area contributed by atoms with E-state index in [2.05, 4.69) is 6.58 Å². The fourth-order valence-corrected chi connectivity index (χ4v) is 2.87. The average Bonchev–Trinajstić information content (AvgIpc) is 2.52. The summed E-state index contributed by atoms with van der Waals surface area (Å²) in [4.78, 5) is 15.7. The molecule has 2 rings (SSSR count). The van der Waals surface area contributed by atoms with Crippen molar-refractivity contribution in [1.82, 2.24) is 4.90 Å². The molecule has 1 aliphatic rings. The van der Waals surface area contributed by atoms with Gasteiger partial charge in [0, 0.05) is 18.2 Å². The Bertz CT molecular complexity index is 522. The van der Waals surface area contributed by atoms with E-state index >= 15 is 0 Å². The summed E-state index contributed by atoms with van der Waals surface area (Å²) in [6.07, 6.45) is -1.62. The maximum atomic E-state index is 12.7. The van der Waals surface area contributed by atoms with Crippen LogP contribution >= 0.6 is 0 Å². The van der Waals surface area contributed by atoms with Gasteiger partial charge in [-0.1, -0.05) is 24.3 Å². The monoisotopic (exact) mass is 326 g/mol. The lowest BCUT2D eigenvalue weighted by molar-refractivity contribution is -0.149. The number of piperidine rings is 1. The molecule has 1 aromatic carbocycles. The number of amides is 1. The number of anilines is 1. The molecular formula is C17H21F3N2O. The highest BCUT2D eigenvalue weighted by atomic mass is 19.4. The predicted molar refractivity (Wildman–Crippen MR) is 84.2 cm³/mol. The zero-order chi connectivity index (χ0) is 16.9. The normalized spacial score (nSPS) is 17.0. The van der Waals surface area contributed by atoms with Crippen LogP contribution in [0.25, 0.3) is 0 Å². The van der Waals surface area contributed by atoms with Crippen molar-refractivity contribution in [1.29, 1.82) is 0 Å². The first kappa shape index (κ1) is 17.5. The number of para-hydroxylation sites is 1. The Labute approximate surface area is 134 Å². The molecule has 1 heterocycles. The minimum absolute atomic E-state index is 0.0391. The molecule has 0 aromatic heterocycles. The number of carbonyl (C=O) groups is 1. The average molecular weight is 326 g/mol. The van der Waals surface area contributed by atoms with E-state index in [-0.39, 0.29) is 11.8 Å². The highest BCUT2D eigenvalue weighted by molar-refractivity contribution is 5.95. The van der Waals surface area contributed by atoms with Gasteiger partial charge in [0.1, 0.15) is 0 Å². The first-order valence-electron chi connectivity index (χ1n) is 7.67. The lowest BCUT2D eigenvalue weighted by atomic mass is 9.95. The highest BCUT2D eigenvalue weighted by Gasteiger charge is 2.34. The molecule has 0 aliphatic carbocycles. The van der Waals surface area contributed by atoms with Crippen LogP contribution < -0.4 is 4.90 Å². The summed E-state index contributed by atoms with van der Waals surface area (Å²) in [5.74, 6) is -0.276. The number of rotatable bonds is 5. The first-order valence-corrected chi connectivity index (χ1v) is 7.67. The number of likely N-dealkylation sites (tertiary alicyclic amines) is 1. The number of nitrogens with zero attached hydrogens (tertiary/aromatic N) is 2. The fraction of sp³-hybridized carbons (Fsp3) is 0.471. The van der Waals surface area contributed by atoms with Gasteiger partial charge >= 0.3 is 6.18 Å². The Kier molecular flexibility index (Phi) is 5.82. The van der Waals surface area contributed by atoms with Crippen molar-refractivity contribution in [2.75, 3.05) is 31.1 Å². The molecule has 0 atom stereocenters. The van der Waals surface area contributed by atoms with E-state index in [1.807, 2.05) is 30.3 Å². The largest absolute Gasteiger partial charge is 0.401 e. The van der Waals surface area contributed by atoms with Crippen LogP contribution in [0.3, 0.4) is 0 Å². The van der Waals surface area contributed by atoms with Crippen LogP contribution in [-0.4, -0.2) is 43.2 Å². The maximum absolute atomic E-state index is 12.7. The summed E-state index contributed by atoms with van der Waals surface area (Å²) < 4.78 is 37.3. The van der Waals surface area contributed by atoms with Gasteiger partial charge in [-0.25, -0.2) is 0 Å². The molecule has 6 heteroatoms. The summed E-state index contributed by atoms with van der Waals surface area (Å²) in [6, 6.07) is 9.27. The van der Waals surface area contributed by atoms with Gasteiger partial charge < -0.3 is 4.90 Å². The van der Waals surface area contributed by atoms with Crippen molar-refractivity contribution in [3.8, 4) is 0 Å². The standard InChI is InChI=1S/C17H21F3N2O/c1-2-10-22(15-6-4-3-5-7-15)16(23)14-8-11-21(12-9-14)13-17(18,19)20/h2-7,14H,1,8-13H2. The second-order valence-electron chi connectivity index (χ2n) is 5.74. The van der Waals surface area contributed by atoms with Gasteiger partial charge in [0.15, 0.2) is 0 Å². The fourth-order valence-electron chi connectivity index (χ4n) is 2.87. The van der Waals surface area contributed by atoms with Crippen LogP contribution in [-0.2, 0) is 4.79 Å². The maximum Gasteiger partial charge on any atom is 0.401 e. The van der Waals surface area contributed by atoms with Gasteiger partial charge in [0.2, 0.25) is 5.91 Å². The lowest BCUT2D eigenvalue weighted by Gasteiger charge is -2.34. The second kappa shape index (κ2) is 7.64. The molecule has 1 aromatic rings. The van der Waals surface area contributed by atoms with Gasteiger partial charge in [0.25, 0.3) is 0 Å². The van der Waals surface area contributed by atoms with Gasteiger partial charge in [-0.3, -0.25) is 9.69 Å². The summed E-state index contributed by atoms with van der Waals surface area (Å²) in [5.41, 5.74) is 0.787. The van der Waals surface area contributed by atoms with Crippen LogP contribution in [0.1, 0.15) is 12.8 Å². The van der Waals surface area contributed by atoms with E-state index in [1.54, 1.807) is 11.0 Å². The Morgan fingerprint density at radius 1 is 1.26 bits per heavy atom. The molecule has 0 spiro atoms. The molecule has 1 fully saturated rings. The molecule has 0 bridgehead atoms. The minimum atomic E-state index is -4.18. The van der Waals surface area contributed by atoms with Crippen molar-refractivity contribution in [2.24, 2.45) is 5.92 Å². The molecule has 0 N–H and O–H groups in total. The zero-order valence-electron chi connectivity index (χ0n) is 12.9.